The van der Waals surface area contributed by atoms with Gasteiger partial charge in [0.1, 0.15) is 0 Å². The number of carbonyl (C=O) groups is 2. The van der Waals surface area contributed by atoms with Crippen LogP contribution in [0, 0.1) is 34.0 Å². The zero-order valence-electron chi connectivity index (χ0n) is 22.5. The lowest BCUT2D eigenvalue weighted by molar-refractivity contribution is -0.153. The summed E-state index contributed by atoms with van der Waals surface area (Å²) in [6.45, 7) is 9.71. The highest BCUT2D eigenvalue weighted by Gasteiger charge is 2.62. The second-order valence-corrected chi connectivity index (χ2v) is 13.1. The third-order valence-electron chi connectivity index (χ3n) is 10.6. The summed E-state index contributed by atoms with van der Waals surface area (Å²) in [6.07, 6.45) is 8.96. The second-order valence-electron chi connectivity index (χ2n) is 13.1. The first-order valence-corrected chi connectivity index (χ1v) is 13.5. The van der Waals surface area contributed by atoms with E-state index in [2.05, 4.69) is 30.4 Å². The van der Waals surface area contributed by atoms with Crippen molar-refractivity contribution in [2.24, 2.45) is 39.2 Å². The summed E-state index contributed by atoms with van der Waals surface area (Å²) in [5.74, 6) is 0.185. The van der Waals surface area contributed by atoms with Crippen molar-refractivity contribution in [2.45, 2.75) is 97.7 Å². The Morgan fingerprint density at radius 1 is 1.14 bits per heavy atom. The number of amides is 1. The molecule has 0 aliphatic heterocycles. The number of hydrogen-bond donors (Lipinski definition) is 4. The first-order chi connectivity index (χ1) is 16.7. The molecule has 8 heteroatoms. The summed E-state index contributed by atoms with van der Waals surface area (Å²) < 4.78 is 0. The molecule has 0 spiro atoms. The van der Waals surface area contributed by atoms with Crippen LogP contribution < -0.4 is 5.32 Å². The van der Waals surface area contributed by atoms with Crippen LogP contribution in [0.25, 0.3) is 0 Å². The molecule has 0 saturated heterocycles. The predicted molar refractivity (Wildman–Crippen MR) is 136 cm³/mol. The van der Waals surface area contributed by atoms with Gasteiger partial charge in [-0.05, 0) is 93.0 Å². The molecule has 8 nitrogen and oxygen atoms in total. The molecule has 0 unspecified atom stereocenters. The number of aliphatic carboxylic acids is 1. The van der Waals surface area contributed by atoms with E-state index in [0.717, 1.165) is 57.1 Å². The van der Waals surface area contributed by atoms with Gasteiger partial charge in [-0.3, -0.25) is 4.79 Å². The molecule has 3 fully saturated rings. The van der Waals surface area contributed by atoms with Gasteiger partial charge in [-0.2, -0.15) is 0 Å². The van der Waals surface area contributed by atoms with E-state index in [9.17, 15) is 19.8 Å². The van der Waals surface area contributed by atoms with Crippen molar-refractivity contribution >= 4 is 17.6 Å². The van der Waals surface area contributed by atoms with Gasteiger partial charge >= 0.3 is 5.97 Å². The lowest BCUT2D eigenvalue weighted by Gasteiger charge is -2.59. The number of carboxylic acids is 1. The van der Waals surface area contributed by atoms with E-state index < -0.39 is 29.0 Å². The van der Waals surface area contributed by atoms with Gasteiger partial charge in [0, 0.05) is 12.0 Å². The van der Waals surface area contributed by atoms with E-state index in [1.165, 1.54) is 5.57 Å². The van der Waals surface area contributed by atoms with Gasteiger partial charge in [-0.1, -0.05) is 38.4 Å². The number of rotatable bonds is 7. The van der Waals surface area contributed by atoms with E-state index in [1.807, 2.05) is 6.92 Å². The molecule has 0 radical (unpaired) electrons. The fourth-order valence-corrected chi connectivity index (χ4v) is 7.87. The minimum atomic E-state index is -1.57. The van der Waals surface area contributed by atoms with E-state index >= 15 is 0 Å². The van der Waals surface area contributed by atoms with Crippen LogP contribution >= 0.6 is 0 Å². The van der Waals surface area contributed by atoms with Gasteiger partial charge in [0.25, 0.3) is 5.91 Å². The molecule has 0 heterocycles. The second kappa shape index (κ2) is 9.43. The normalized spacial score (nSPS) is 39.9. The monoisotopic (exact) mass is 504 g/mol. The Morgan fingerprint density at radius 3 is 2.53 bits per heavy atom. The Kier molecular flexibility index (Phi) is 7.10. The van der Waals surface area contributed by atoms with E-state index in [-0.39, 0.29) is 24.0 Å². The first kappa shape index (κ1) is 27.1. The summed E-state index contributed by atoms with van der Waals surface area (Å²) in [7, 11) is 0. The predicted octanol–water partition coefficient (Wildman–Crippen LogP) is 3.66. The van der Waals surface area contributed by atoms with Crippen LogP contribution in [0.2, 0.25) is 0 Å². The Hall–Kier alpha value is -1.93. The molecule has 36 heavy (non-hydrogen) atoms. The lowest BCUT2D eigenvalue weighted by atomic mass is 9.46. The molecular formula is C28H44N2O6. The molecule has 4 N–H and O–H groups in total. The molecule has 4 aliphatic carbocycles. The number of aliphatic hydroxyl groups excluding tert-OH is 1. The van der Waals surface area contributed by atoms with Crippen molar-refractivity contribution in [3.05, 3.63) is 11.6 Å². The zero-order valence-corrected chi connectivity index (χ0v) is 22.5. The number of carbonyl (C=O) groups excluding carboxylic acids is 1. The van der Waals surface area contributed by atoms with Crippen molar-refractivity contribution < 1.29 is 29.7 Å². The van der Waals surface area contributed by atoms with Crippen LogP contribution in [0.15, 0.2) is 16.8 Å². The van der Waals surface area contributed by atoms with Crippen molar-refractivity contribution in [1.29, 1.82) is 0 Å². The number of nitrogens with zero attached hydrogens (tertiary/aromatic N) is 1. The van der Waals surface area contributed by atoms with Gasteiger partial charge in [-0.25, -0.2) is 4.79 Å². The van der Waals surface area contributed by atoms with Crippen LogP contribution in [0.1, 0.15) is 86.0 Å². The van der Waals surface area contributed by atoms with Gasteiger partial charge in [-0.15, -0.1) is 0 Å². The van der Waals surface area contributed by atoms with E-state index in [0.29, 0.717) is 17.8 Å². The fourth-order valence-electron chi connectivity index (χ4n) is 7.87. The highest BCUT2D eigenvalue weighted by atomic mass is 16.6. The van der Waals surface area contributed by atoms with E-state index in [4.69, 9.17) is 9.94 Å². The Labute approximate surface area is 214 Å². The first-order valence-electron chi connectivity index (χ1n) is 13.5. The summed E-state index contributed by atoms with van der Waals surface area (Å²) in [4.78, 5) is 28.5. The molecule has 0 aromatic carbocycles. The molecule has 0 aromatic rings. The number of oxime groups is 1. The molecule has 7 atom stereocenters. The SMILES string of the molecule is CC(C)(CNC(=O)CO/N=C1\C=C2CC[C@@H]3[C@H](CC[C@@]4(C)[C@H]3CC[C@]4(C)O)[C@@]2(C)CC1)[C@H](O)C(=O)O. The zero-order chi connectivity index (χ0) is 26.5. The molecule has 0 bridgehead atoms. The largest absolute Gasteiger partial charge is 0.479 e. The topological polar surface area (TPSA) is 128 Å². The van der Waals surface area contributed by atoms with Crippen LogP contribution in [-0.4, -0.2) is 57.8 Å². The standard InChI is InChI=1S/C28H44N2O6/c1-25(2,23(32)24(33)34)16-29-22(31)15-36-30-18-8-11-26(3)17(14-18)6-7-19-20(26)9-12-27(4)21(19)10-13-28(27,5)35/h14,19-21,23,32,35H,6-13,15-16H2,1-5H3,(H,29,31)(H,33,34)/b30-18-/t19-,20+,21+,23-,26+,27+,28+/m1/s1. The Morgan fingerprint density at radius 2 is 1.83 bits per heavy atom. The minimum absolute atomic E-state index is 0.0136. The average molecular weight is 505 g/mol. The van der Waals surface area contributed by atoms with Crippen molar-refractivity contribution in [1.82, 2.24) is 5.32 Å². The summed E-state index contributed by atoms with van der Waals surface area (Å²) in [5, 5.41) is 36.7. The summed E-state index contributed by atoms with van der Waals surface area (Å²) in [5.41, 5.74) is 0.935. The molecule has 0 aromatic heterocycles. The quantitative estimate of drug-likeness (QED) is 0.392. The van der Waals surface area contributed by atoms with Gasteiger partial charge in [0.15, 0.2) is 12.7 Å². The van der Waals surface area contributed by atoms with Crippen LogP contribution in [0.5, 0.6) is 0 Å². The van der Waals surface area contributed by atoms with Crippen LogP contribution in [0.4, 0.5) is 0 Å². The number of aliphatic hydroxyl groups is 2. The number of hydrogen-bond acceptors (Lipinski definition) is 6. The smallest absolute Gasteiger partial charge is 0.333 e. The van der Waals surface area contributed by atoms with E-state index in [1.54, 1.807) is 13.8 Å². The Balaban J connectivity index is 1.35. The molecular weight excluding hydrogens is 460 g/mol. The molecule has 202 valence electrons. The molecule has 4 rings (SSSR count). The van der Waals surface area contributed by atoms with Gasteiger partial charge in [0.05, 0.1) is 11.3 Å². The fraction of sp³-hybridized carbons (Fsp3) is 0.821. The van der Waals surface area contributed by atoms with Crippen molar-refractivity contribution in [2.75, 3.05) is 13.2 Å². The molecule has 1 amide bonds. The van der Waals surface area contributed by atoms with Gasteiger partial charge in [0.2, 0.25) is 0 Å². The maximum atomic E-state index is 12.2. The average Bonchev–Trinajstić information content (AvgIpc) is 3.06. The maximum absolute atomic E-state index is 12.2. The molecule has 3 saturated carbocycles. The lowest BCUT2D eigenvalue weighted by Crippen LogP contribution is -2.53. The minimum Gasteiger partial charge on any atom is -0.479 e. The number of carboxylic acid groups (broad SMARTS) is 1. The highest BCUT2D eigenvalue weighted by molar-refractivity contribution is 5.96. The van der Waals surface area contributed by atoms with Crippen molar-refractivity contribution in [3.8, 4) is 0 Å². The molecule has 4 aliphatic rings. The number of fused-ring (bicyclic) bond motifs is 5. The third kappa shape index (κ3) is 4.60. The van der Waals surface area contributed by atoms with Crippen LogP contribution in [0.3, 0.4) is 0 Å². The van der Waals surface area contributed by atoms with Gasteiger partial charge < -0.3 is 25.5 Å². The third-order valence-corrected chi connectivity index (χ3v) is 10.6. The van der Waals surface area contributed by atoms with Crippen molar-refractivity contribution in [3.63, 3.8) is 0 Å². The number of allylic oxidation sites excluding steroid dienone is 2. The maximum Gasteiger partial charge on any atom is 0.333 e. The summed E-state index contributed by atoms with van der Waals surface area (Å²) >= 11 is 0. The summed E-state index contributed by atoms with van der Waals surface area (Å²) in [6, 6.07) is 0. The Bertz CT molecular complexity index is 956. The highest BCUT2D eigenvalue weighted by Crippen LogP contribution is 2.67. The van der Waals surface area contributed by atoms with Crippen LogP contribution in [-0.2, 0) is 14.4 Å². The number of nitrogens with one attached hydrogen (secondary N) is 1.